The lowest BCUT2D eigenvalue weighted by Crippen LogP contribution is -2.48. The van der Waals surface area contributed by atoms with Gasteiger partial charge in [0.1, 0.15) is 18.0 Å². The molecule has 5 N–H and O–H groups in total. The standard InChI is InChI=1S/C23H25ClN4O6/c1-12(13-3-5-17(21(25)31)18(29)9-13)27-23(33)28-11-20(30)26-10-15(22(28)32)7-14-8-16(24)4-6-19(14)34-2/h3-6,8-9,12,15,29H,7,10-11H2,1-2H3,(H2,25,31)(H,26,30)(H,27,33). The Balaban J connectivity index is 1.78. The van der Waals surface area contributed by atoms with E-state index in [0.29, 0.717) is 21.9 Å². The summed E-state index contributed by atoms with van der Waals surface area (Å²) in [5, 5.41) is 15.8. The Morgan fingerprint density at radius 1 is 1.29 bits per heavy atom. The molecule has 10 nitrogen and oxygen atoms in total. The van der Waals surface area contributed by atoms with Gasteiger partial charge >= 0.3 is 6.03 Å². The summed E-state index contributed by atoms with van der Waals surface area (Å²) in [6.07, 6.45) is 0.199. The first-order chi connectivity index (χ1) is 16.1. The van der Waals surface area contributed by atoms with Crippen molar-refractivity contribution < 1.29 is 29.0 Å². The molecular formula is C23H25ClN4O6. The lowest BCUT2D eigenvalue weighted by Gasteiger charge is -2.24. The molecule has 2 unspecified atom stereocenters. The van der Waals surface area contributed by atoms with Crippen LogP contribution in [0, 0.1) is 5.92 Å². The van der Waals surface area contributed by atoms with E-state index in [9.17, 15) is 24.3 Å². The number of primary amides is 1. The summed E-state index contributed by atoms with van der Waals surface area (Å²) in [5.74, 6) is -2.30. The maximum atomic E-state index is 13.2. The summed E-state index contributed by atoms with van der Waals surface area (Å²) in [5.41, 5.74) is 6.28. The Kier molecular flexibility index (Phi) is 7.62. The first kappa shape index (κ1) is 24.8. The van der Waals surface area contributed by atoms with Crippen molar-refractivity contribution in [2.75, 3.05) is 20.2 Å². The third-order valence-corrected chi connectivity index (χ3v) is 5.78. The monoisotopic (exact) mass is 488 g/mol. The molecule has 180 valence electrons. The van der Waals surface area contributed by atoms with Crippen LogP contribution in [0.3, 0.4) is 0 Å². The van der Waals surface area contributed by atoms with E-state index >= 15 is 0 Å². The van der Waals surface area contributed by atoms with Crippen molar-refractivity contribution in [3.05, 3.63) is 58.1 Å². The van der Waals surface area contributed by atoms with E-state index in [1.54, 1.807) is 25.1 Å². The summed E-state index contributed by atoms with van der Waals surface area (Å²) < 4.78 is 5.34. The molecule has 0 bridgehead atoms. The molecule has 0 radical (unpaired) electrons. The van der Waals surface area contributed by atoms with Gasteiger partial charge in [-0.3, -0.25) is 19.3 Å². The Morgan fingerprint density at radius 2 is 2.03 bits per heavy atom. The number of nitrogens with two attached hydrogens (primary N) is 1. The van der Waals surface area contributed by atoms with Crippen LogP contribution in [-0.4, -0.2) is 54.0 Å². The van der Waals surface area contributed by atoms with Gasteiger partial charge in [-0.05, 0) is 54.8 Å². The summed E-state index contributed by atoms with van der Waals surface area (Å²) >= 11 is 6.09. The molecule has 0 spiro atoms. The zero-order chi connectivity index (χ0) is 25.0. The molecule has 34 heavy (non-hydrogen) atoms. The molecule has 5 amide bonds. The number of ether oxygens (including phenoxy) is 1. The van der Waals surface area contributed by atoms with Crippen molar-refractivity contribution in [3.8, 4) is 11.5 Å². The van der Waals surface area contributed by atoms with Crippen LogP contribution in [0.15, 0.2) is 36.4 Å². The Labute approximate surface area is 201 Å². The number of carbonyl (C=O) groups is 4. The lowest BCUT2D eigenvalue weighted by atomic mass is 9.97. The van der Waals surface area contributed by atoms with Gasteiger partial charge in [-0.25, -0.2) is 4.79 Å². The lowest BCUT2D eigenvalue weighted by molar-refractivity contribution is -0.133. The van der Waals surface area contributed by atoms with E-state index in [4.69, 9.17) is 22.1 Å². The molecule has 0 aromatic heterocycles. The largest absolute Gasteiger partial charge is 0.507 e. The van der Waals surface area contributed by atoms with Gasteiger partial charge < -0.3 is 26.2 Å². The third-order valence-electron chi connectivity index (χ3n) is 5.54. The highest BCUT2D eigenvalue weighted by molar-refractivity contribution is 6.30. The second kappa shape index (κ2) is 10.4. The van der Waals surface area contributed by atoms with Crippen molar-refractivity contribution in [1.29, 1.82) is 0 Å². The summed E-state index contributed by atoms with van der Waals surface area (Å²) in [6.45, 7) is 1.24. The molecule has 3 rings (SSSR count). The number of methoxy groups -OCH3 is 1. The first-order valence-electron chi connectivity index (χ1n) is 10.4. The number of benzene rings is 2. The second-order valence-electron chi connectivity index (χ2n) is 7.90. The van der Waals surface area contributed by atoms with Crippen LogP contribution in [-0.2, 0) is 16.0 Å². The molecule has 0 saturated carbocycles. The number of rotatable bonds is 6. The number of amides is 5. The summed E-state index contributed by atoms with van der Waals surface area (Å²) in [7, 11) is 1.50. The molecule has 1 heterocycles. The van der Waals surface area contributed by atoms with Gasteiger partial charge in [-0.15, -0.1) is 0 Å². The van der Waals surface area contributed by atoms with Crippen LogP contribution in [0.4, 0.5) is 4.79 Å². The minimum atomic E-state index is -0.788. The molecule has 11 heteroatoms. The number of imide groups is 1. The van der Waals surface area contributed by atoms with Crippen molar-refractivity contribution in [1.82, 2.24) is 15.5 Å². The summed E-state index contributed by atoms with van der Waals surface area (Å²) in [6, 6.07) is 7.77. The molecule has 1 aliphatic rings. The Hall–Kier alpha value is -3.79. The molecule has 1 saturated heterocycles. The maximum absolute atomic E-state index is 13.2. The van der Waals surface area contributed by atoms with Crippen molar-refractivity contribution in [3.63, 3.8) is 0 Å². The highest BCUT2D eigenvalue weighted by Gasteiger charge is 2.35. The highest BCUT2D eigenvalue weighted by atomic mass is 35.5. The van der Waals surface area contributed by atoms with Crippen LogP contribution in [0.2, 0.25) is 5.02 Å². The van der Waals surface area contributed by atoms with Gasteiger partial charge in [-0.2, -0.15) is 0 Å². The number of halogens is 1. The first-order valence-corrected chi connectivity index (χ1v) is 10.8. The number of phenols is 1. The summed E-state index contributed by atoms with van der Waals surface area (Å²) in [4.78, 5) is 50.6. The topological polar surface area (TPSA) is 151 Å². The van der Waals surface area contributed by atoms with Crippen LogP contribution < -0.4 is 21.1 Å². The number of hydrogen-bond donors (Lipinski definition) is 4. The Morgan fingerprint density at radius 3 is 2.68 bits per heavy atom. The van der Waals surface area contributed by atoms with E-state index < -0.39 is 42.3 Å². The molecule has 2 atom stereocenters. The maximum Gasteiger partial charge on any atom is 0.325 e. The molecular weight excluding hydrogens is 464 g/mol. The highest BCUT2D eigenvalue weighted by Crippen LogP contribution is 2.27. The van der Waals surface area contributed by atoms with E-state index in [2.05, 4.69) is 10.6 Å². The predicted octanol–water partition coefficient (Wildman–Crippen LogP) is 1.74. The number of urea groups is 1. The van der Waals surface area contributed by atoms with Crippen molar-refractivity contribution in [2.24, 2.45) is 11.7 Å². The molecule has 2 aromatic carbocycles. The quantitative estimate of drug-likeness (QED) is 0.486. The number of nitrogens with one attached hydrogen (secondary N) is 2. The minimum absolute atomic E-state index is 0.0507. The van der Waals surface area contributed by atoms with Crippen molar-refractivity contribution >= 4 is 35.4 Å². The van der Waals surface area contributed by atoms with E-state index in [0.717, 1.165) is 4.90 Å². The van der Waals surface area contributed by atoms with E-state index in [1.807, 2.05) is 0 Å². The van der Waals surface area contributed by atoms with E-state index in [1.165, 1.54) is 25.3 Å². The van der Waals surface area contributed by atoms with Gasteiger partial charge in [0.2, 0.25) is 11.8 Å². The third kappa shape index (κ3) is 5.57. The molecule has 2 aromatic rings. The van der Waals surface area contributed by atoms with Gasteiger partial charge in [0.15, 0.2) is 0 Å². The second-order valence-corrected chi connectivity index (χ2v) is 8.33. The fourth-order valence-electron chi connectivity index (χ4n) is 3.70. The number of aromatic hydroxyl groups is 1. The number of carbonyl (C=O) groups excluding carboxylic acids is 4. The smallest absolute Gasteiger partial charge is 0.325 e. The van der Waals surface area contributed by atoms with E-state index in [-0.39, 0.29) is 24.3 Å². The fourth-order valence-corrected chi connectivity index (χ4v) is 3.89. The Bertz CT molecular complexity index is 1140. The normalized spacial score (nSPS) is 16.9. The van der Waals surface area contributed by atoms with Crippen molar-refractivity contribution in [2.45, 2.75) is 19.4 Å². The van der Waals surface area contributed by atoms with Crippen LogP contribution in [0.1, 0.15) is 34.5 Å². The van der Waals surface area contributed by atoms with Gasteiger partial charge in [0.05, 0.1) is 24.6 Å². The van der Waals surface area contributed by atoms with Crippen LogP contribution >= 0.6 is 11.6 Å². The zero-order valence-electron chi connectivity index (χ0n) is 18.6. The molecule has 0 aliphatic carbocycles. The average molecular weight is 489 g/mol. The minimum Gasteiger partial charge on any atom is -0.507 e. The van der Waals surface area contributed by atoms with Gasteiger partial charge in [0, 0.05) is 11.6 Å². The number of nitrogens with zero attached hydrogens (tertiary/aromatic N) is 1. The fraction of sp³-hybridized carbons (Fsp3) is 0.304. The average Bonchev–Trinajstić information content (AvgIpc) is 2.92. The zero-order valence-corrected chi connectivity index (χ0v) is 19.4. The van der Waals surface area contributed by atoms with Crippen LogP contribution in [0.5, 0.6) is 11.5 Å². The molecule has 1 aliphatic heterocycles. The van der Waals surface area contributed by atoms with Gasteiger partial charge in [-0.1, -0.05) is 17.7 Å². The molecule has 1 fully saturated rings. The predicted molar refractivity (Wildman–Crippen MR) is 123 cm³/mol. The van der Waals surface area contributed by atoms with Crippen LogP contribution in [0.25, 0.3) is 0 Å². The van der Waals surface area contributed by atoms with Gasteiger partial charge in [0.25, 0.3) is 5.91 Å². The SMILES string of the molecule is COc1ccc(Cl)cc1CC1CNC(=O)CN(C(=O)NC(C)c2ccc(C(N)=O)c(O)c2)C1=O. The number of hydrogen-bond acceptors (Lipinski definition) is 6.